The highest BCUT2D eigenvalue weighted by Crippen LogP contribution is 2.25. The number of carbonyl (C=O) groups is 1. The first kappa shape index (κ1) is 22.1. The molecule has 3 heterocycles. The molecule has 0 aliphatic carbocycles. The Kier molecular flexibility index (Phi) is 5.83. The number of esters is 1. The fourth-order valence-electron chi connectivity index (χ4n) is 4.08. The highest BCUT2D eigenvalue weighted by atomic mass is 32.2. The summed E-state index contributed by atoms with van der Waals surface area (Å²) in [5, 5.41) is -0.381. The molecule has 10 heteroatoms. The number of hydrogen-bond donors (Lipinski definition) is 0. The Morgan fingerprint density at radius 1 is 1.22 bits per heavy atom. The van der Waals surface area contributed by atoms with E-state index >= 15 is 0 Å². The number of likely N-dealkylation sites (tertiary alicyclic amines) is 1. The zero-order chi connectivity index (χ0) is 23.0. The second kappa shape index (κ2) is 8.44. The Hall–Kier alpha value is -3.11. The molecule has 1 fully saturated rings. The summed E-state index contributed by atoms with van der Waals surface area (Å²) in [6, 6.07) is 11.1. The quantitative estimate of drug-likeness (QED) is 0.425. The molecule has 0 N–H and O–H groups in total. The van der Waals surface area contributed by atoms with Crippen molar-refractivity contribution in [2.24, 2.45) is 0 Å². The smallest absolute Gasteiger partial charge is 0.355 e. The summed E-state index contributed by atoms with van der Waals surface area (Å²) in [7, 11) is -2.03. The minimum atomic E-state index is -3.23. The van der Waals surface area contributed by atoms with E-state index in [1.807, 2.05) is 4.90 Å². The van der Waals surface area contributed by atoms with Gasteiger partial charge in [0.2, 0.25) is 5.95 Å². The Morgan fingerprint density at radius 2 is 1.94 bits per heavy atom. The van der Waals surface area contributed by atoms with Crippen LogP contribution in [0.2, 0.25) is 0 Å². The molecule has 0 amide bonds. The van der Waals surface area contributed by atoms with Gasteiger partial charge in [-0.3, -0.25) is 14.3 Å². The molecule has 1 atom stereocenters. The first-order valence-corrected chi connectivity index (χ1v) is 11.9. The molecule has 168 valence electrons. The predicted octanol–water partition coefficient (Wildman–Crippen LogP) is 1.93. The van der Waals surface area contributed by atoms with Gasteiger partial charge >= 0.3 is 5.97 Å². The van der Waals surface area contributed by atoms with Crippen molar-refractivity contribution in [3.63, 3.8) is 0 Å². The van der Waals surface area contributed by atoms with Crippen molar-refractivity contribution in [3.8, 4) is 5.69 Å². The minimum Gasteiger partial charge on any atom is -0.464 e. The maximum absolute atomic E-state index is 14.1. The summed E-state index contributed by atoms with van der Waals surface area (Å²) < 4.78 is 44.4. The standard InChI is InChI=1S/C22H22FN3O5S/c1-31-22(28)19-17(13-25-11-10-15(12-25)32(2,29)30)20(27)16-8-9-18(23)24-21(16)26(19)14-6-4-3-5-7-14/h3-9,15H,10-13H2,1-2H3/t15-/m0/s1. The molecule has 0 bridgehead atoms. The van der Waals surface area contributed by atoms with Gasteiger partial charge < -0.3 is 4.74 Å². The van der Waals surface area contributed by atoms with Gasteiger partial charge in [0.05, 0.1) is 17.7 Å². The molecule has 0 radical (unpaired) electrons. The average Bonchev–Trinajstić information content (AvgIpc) is 3.24. The van der Waals surface area contributed by atoms with Crippen LogP contribution in [-0.4, -0.2) is 60.5 Å². The predicted molar refractivity (Wildman–Crippen MR) is 117 cm³/mol. The van der Waals surface area contributed by atoms with Gasteiger partial charge in [-0.05, 0) is 37.2 Å². The number of ether oxygens (including phenoxy) is 1. The molecular weight excluding hydrogens is 437 g/mol. The van der Waals surface area contributed by atoms with E-state index in [0.717, 1.165) is 6.07 Å². The van der Waals surface area contributed by atoms with Crippen molar-refractivity contribution in [2.75, 3.05) is 26.5 Å². The molecule has 1 aliphatic heterocycles. The number of benzene rings is 1. The lowest BCUT2D eigenvalue weighted by atomic mass is 10.1. The number of aromatic nitrogens is 2. The van der Waals surface area contributed by atoms with Crippen LogP contribution in [0.15, 0.2) is 47.3 Å². The van der Waals surface area contributed by atoms with E-state index in [2.05, 4.69) is 4.98 Å². The largest absolute Gasteiger partial charge is 0.464 e. The van der Waals surface area contributed by atoms with Crippen LogP contribution in [0.1, 0.15) is 22.5 Å². The highest BCUT2D eigenvalue weighted by molar-refractivity contribution is 7.91. The Bertz CT molecular complexity index is 1360. The number of nitrogens with zero attached hydrogens (tertiary/aromatic N) is 3. The topological polar surface area (TPSA) is 98.6 Å². The van der Waals surface area contributed by atoms with Gasteiger partial charge in [0, 0.05) is 30.6 Å². The number of methoxy groups -OCH3 is 1. The van der Waals surface area contributed by atoms with Crippen molar-refractivity contribution in [1.82, 2.24) is 14.5 Å². The zero-order valence-electron chi connectivity index (χ0n) is 17.6. The number of pyridine rings is 2. The number of fused-ring (bicyclic) bond motifs is 1. The first-order chi connectivity index (χ1) is 15.2. The summed E-state index contributed by atoms with van der Waals surface area (Å²) in [6.45, 7) is 0.766. The van der Waals surface area contributed by atoms with Crippen molar-refractivity contribution in [2.45, 2.75) is 18.2 Å². The van der Waals surface area contributed by atoms with Gasteiger partial charge in [-0.2, -0.15) is 4.39 Å². The highest BCUT2D eigenvalue weighted by Gasteiger charge is 2.32. The Balaban J connectivity index is 1.97. The number of carbonyl (C=O) groups excluding carboxylic acids is 1. The lowest BCUT2D eigenvalue weighted by Crippen LogP contribution is -2.32. The lowest BCUT2D eigenvalue weighted by molar-refractivity contribution is 0.0588. The van der Waals surface area contributed by atoms with E-state index in [0.29, 0.717) is 18.7 Å². The van der Waals surface area contributed by atoms with Gasteiger partial charge in [0.25, 0.3) is 0 Å². The number of rotatable bonds is 5. The number of sulfone groups is 1. The summed E-state index contributed by atoms with van der Waals surface area (Å²) in [4.78, 5) is 32.0. The minimum absolute atomic E-state index is 0.000726. The molecule has 3 aromatic rings. The van der Waals surface area contributed by atoms with Crippen molar-refractivity contribution in [1.29, 1.82) is 0 Å². The SMILES string of the molecule is COC(=O)c1c(CN2CC[C@H](S(C)(=O)=O)C2)c(=O)c2ccc(F)nc2n1-c1ccccc1. The number of halogens is 1. The molecule has 4 rings (SSSR count). The molecule has 0 unspecified atom stereocenters. The molecule has 1 saturated heterocycles. The van der Waals surface area contributed by atoms with E-state index in [4.69, 9.17) is 4.74 Å². The van der Waals surface area contributed by atoms with Gasteiger partial charge in [-0.25, -0.2) is 18.2 Å². The third kappa shape index (κ3) is 4.03. The lowest BCUT2D eigenvalue weighted by Gasteiger charge is -2.21. The fourth-order valence-corrected chi connectivity index (χ4v) is 5.10. The summed E-state index contributed by atoms with van der Waals surface area (Å²) in [5.74, 6) is -1.56. The van der Waals surface area contributed by atoms with E-state index in [9.17, 15) is 22.4 Å². The zero-order valence-corrected chi connectivity index (χ0v) is 18.4. The Labute approximate surface area is 184 Å². The second-order valence-corrected chi connectivity index (χ2v) is 10.1. The van der Waals surface area contributed by atoms with E-state index < -0.39 is 32.4 Å². The van der Waals surface area contributed by atoms with Gasteiger partial charge in [-0.15, -0.1) is 0 Å². The average molecular weight is 459 g/mol. The third-order valence-corrected chi connectivity index (χ3v) is 7.29. The number of para-hydroxylation sites is 1. The molecule has 32 heavy (non-hydrogen) atoms. The maximum Gasteiger partial charge on any atom is 0.355 e. The van der Waals surface area contributed by atoms with Crippen LogP contribution in [-0.2, 0) is 21.1 Å². The maximum atomic E-state index is 14.1. The van der Waals surface area contributed by atoms with Crippen LogP contribution in [0.4, 0.5) is 4.39 Å². The fraction of sp³-hybridized carbons (Fsp3) is 0.318. The van der Waals surface area contributed by atoms with Crippen molar-refractivity contribution in [3.05, 3.63) is 69.9 Å². The molecule has 8 nitrogen and oxygen atoms in total. The summed E-state index contributed by atoms with van der Waals surface area (Å²) in [6.07, 6.45) is 1.64. The molecule has 2 aromatic heterocycles. The summed E-state index contributed by atoms with van der Waals surface area (Å²) in [5.41, 5.74) is 0.129. The van der Waals surface area contributed by atoms with Crippen LogP contribution in [0.25, 0.3) is 16.7 Å². The van der Waals surface area contributed by atoms with Crippen LogP contribution in [0.3, 0.4) is 0 Å². The van der Waals surface area contributed by atoms with Crippen molar-refractivity contribution >= 4 is 26.8 Å². The molecule has 0 saturated carbocycles. The normalized spacial score (nSPS) is 17.0. The van der Waals surface area contributed by atoms with E-state index in [1.54, 1.807) is 30.3 Å². The van der Waals surface area contributed by atoms with E-state index in [-0.39, 0.29) is 35.4 Å². The molecule has 0 spiro atoms. The van der Waals surface area contributed by atoms with Gasteiger partial charge in [0.15, 0.2) is 20.9 Å². The van der Waals surface area contributed by atoms with Crippen LogP contribution in [0.5, 0.6) is 0 Å². The first-order valence-electron chi connectivity index (χ1n) is 10.00. The third-order valence-electron chi connectivity index (χ3n) is 5.69. The molecule has 1 aliphatic rings. The van der Waals surface area contributed by atoms with Crippen LogP contribution >= 0.6 is 0 Å². The van der Waals surface area contributed by atoms with Crippen LogP contribution < -0.4 is 5.43 Å². The second-order valence-electron chi connectivity index (χ2n) is 7.80. The molecular formula is C22H22FN3O5S. The molecule has 1 aromatic carbocycles. The van der Waals surface area contributed by atoms with Gasteiger partial charge in [0.1, 0.15) is 5.69 Å². The summed E-state index contributed by atoms with van der Waals surface area (Å²) >= 11 is 0. The van der Waals surface area contributed by atoms with E-state index in [1.165, 1.54) is 24.0 Å². The van der Waals surface area contributed by atoms with Gasteiger partial charge in [-0.1, -0.05) is 18.2 Å². The number of hydrogen-bond acceptors (Lipinski definition) is 7. The monoisotopic (exact) mass is 459 g/mol. The van der Waals surface area contributed by atoms with Crippen LogP contribution in [0, 0.1) is 5.95 Å². The van der Waals surface area contributed by atoms with Crippen molar-refractivity contribution < 1.29 is 22.3 Å². The Morgan fingerprint density at radius 3 is 2.56 bits per heavy atom.